The standard InChI is InChI=1S/C7H7N5OS/c13-7(6-4-10-14-12-6)8-3-5-1-2-9-11-5/h1-2,4H,3H2,(H,8,13)(H,9,11). The molecular formula is C7H7N5OS. The van der Waals surface area contributed by atoms with Crippen LogP contribution in [0.5, 0.6) is 0 Å². The van der Waals surface area contributed by atoms with Gasteiger partial charge in [0.1, 0.15) is 0 Å². The normalized spacial score (nSPS) is 10.0. The van der Waals surface area contributed by atoms with Gasteiger partial charge in [-0.3, -0.25) is 9.89 Å². The molecule has 0 aliphatic rings. The summed E-state index contributed by atoms with van der Waals surface area (Å²) in [5, 5.41) is 9.18. The van der Waals surface area contributed by atoms with Gasteiger partial charge in [0.25, 0.3) is 5.91 Å². The summed E-state index contributed by atoms with van der Waals surface area (Å²) < 4.78 is 7.55. The maximum atomic E-state index is 11.4. The van der Waals surface area contributed by atoms with Crippen LogP contribution in [0.1, 0.15) is 16.2 Å². The molecule has 0 aliphatic heterocycles. The van der Waals surface area contributed by atoms with Crippen molar-refractivity contribution in [2.45, 2.75) is 6.54 Å². The quantitative estimate of drug-likeness (QED) is 0.755. The first-order valence-corrected chi connectivity index (χ1v) is 4.63. The smallest absolute Gasteiger partial charge is 0.272 e. The second-order valence-corrected chi connectivity index (χ2v) is 3.11. The Hall–Kier alpha value is -1.76. The second-order valence-electron chi connectivity index (χ2n) is 2.56. The first kappa shape index (κ1) is 8.82. The minimum atomic E-state index is -0.228. The van der Waals surface area contributed by atoms with Crippen molar-refractivity contribution in [3.05, 3.63) is 29.8 Å². The number of hydrogen-bond acceptors (Lipinski definition) is 5. The minimum absolute atomic E-state index is 0.228. The molecule has 2 aromatic heterocycles. The number of carbonyl (C=O) groups is 1. The molecule has 1 amide bonds. The SMILES string of the molecule is O=C(NCc1ccn[nH]1)c1cnsn1. The Morgan fingerprint density at radius 2 is 2.57 bits per heavy atom. The van der Waals surface area contributed by atoms with E-state index in [1.807, 2.05) is 0 Å². The molecule has 0 bridgehead atoms. The summed E-state index contributed by atoms with van der Waals surface area (Å²) in [6.45, 7) is 0.413. The predicted octanol–water partition coefficient (Wildman–Crippen LogP) is 0.191. The van der Waals surface area contributed by atoms with Gasteiger partial charge in [0.2, 0.25) is 0 Å². The molecule has 2 heterocycles. The summed E-state index contributed by atoms with van der Waals surface area (Å²) in [6, 6.07) is 1.79. The van der Waals surface area contributed by atoms with Gasteiger partial charge in [0.15, 0.2) is 5.69 Å². The van der Waals surface area contributed by atoms with Gasteiger partial charge in [-0.05, 0) is 6.07 Å². The van der Waals surface area contributed by atoms with E-state index >= 15 is 0 Å². The van der Waals surface area contributed by atoms with Crippen LogP contribution in [0, 0.1) is 0 Å². The first-order valence-electron chi connectivity index (χ1n) is 3.90. The van der Waals surface area contributed by atoms with E-state index in [0.29, 0.717) is 12.2 Å². The van der Waals surface area contributed by atoms with E-state index in [1.165, 1.54) is 6.20 Å². The molecule has 7 heteroatoms. The van der Waals surface area contributed by atoms with Gasteiger partial charge < -0.3 is 5.32 Å². The van der Waals surface area contributed by atoms with Crippen LogP contribution in [0.15, 0.2) is 18.5 Å². The van der Waals surface area contributed by atoms with Crippen molar-refractivity contribution in [2.75, 3.05) is 0 Å². The van der Waals surface area contributed by atoms with E-state index in [0.717, 1.165) is 17.4 Å². The van der Waals surface area contributed by atoms with Crippen LogP contribution in [0.3, 0.4) is 0 Å². The van der Waals surface area contributed by atoms with Gasteiger partial charge in [-0.1, -0.05) is 0 Å². The van der Waals surface area contributed by atoms with E-state index < -0.39 is 0 Å². The lowest BCUT2D eigenvalue weighted by atomic mass is 10.4. The topological polar surface area (TPSA) is 83.6 Å². The highest BCUT2D eigenvalue weighted by Gasteiger charge is 2.07. The molecule has 0 saturated heterocycles. The molecule has 0 atom stereocenters. The number of nitrogens with zero attached hydrogens (tertiary/aromatic N) is 3. The monoisotopic (exact) mass is 209 g/mol. The van der Waals surface area contributed by atoms with Crippen LogP contribution >= 0.6 is 11.7 Å². The van der Waals surface area contributed by atoms with E-state index in [1.54, 1.807) is 12.3 Å². The van der Waals surface area contributed by atoms with E-state index in [2.05, 4.69) is 24.3 Å². The molecule has 14 heavy (non-hydrogen) atoms. The summed E-state index contributed by atoms with van der Waals surface area (Å²) in [5.74, 6) is -0.228. The largest absolute Gasteiger partial charge is 0.345 e. The van der Waals surface area contributed by atoms with Crippen molar-refractivity contribution in [2.24, 2.45) is 0 Å². The number of amides is 1. The fraction of sp³-hybridized carbons (Fsp3) is 0.143. The molecule has 0 aliphatic carbocycles. The van der Waals surface area contributed by atoms with E-state index in [-0.39, 0.29) is 5.91 Å². The zero-order chi connectivity index (χ0) is 9.80. The zero-order valence-corrected chi connectivity index (χ0v) is 7.91. The van der Waals surface area contributed by atoms with Crippen molar-refractivity contribution >= 4 is 17.6 Å². The lowest BCUT2D eigenvalue weighted by molar-refractivity contribution is 0.0946. The maximum Gasteiger partial charge on any atom is 0.272 e. The number of aromatic amines is 1. The van der Waals surface area contributed by atoms with E-state index in [9.17, 15) is 4.79 Å². The minimum Gasteiger partial charge on any atom is -0.345 e. The van der Waals surface area contributed by atoms with Crippen LogP contribution in [-0.4, -0.2) is 24.9 Å². The number of aromatic nitrogens is 4. The molecule has 0 fully saturated rings. The Bertz CT molecular complexity index is 396. The van der Waals surface area contributed by atoms with Crippen molar-refractivity contribution in [1.29, 1.82) is 0 Å². The van der Waals surface area contributed by atoms with Gasteiger partial charge >= 0.3 is 0 Å². The molecule has 0 saturated carbocycles. The number of H-pyrrole nitrogens is 1. The summed E-state index contributed by atoms with van der Waals surface area (Å²) in [5.41, 5.74) is 1.19. The third kappa shape index (κ3) is 1.94. The van der Waals surface area contributed by atoms with Gasteiger partial charge in [0.05, 0.1) is 30.2 Å². The lowest BCUT2D eigenvalue weighted by Gasteiger charge is -1.98. The average molecular weight is 209 g/mol. The van der Waals surface area contributed by atoms with Gasteiger partial charge in [0, 0.05) is 6.20 Å². The number of rotatable bonds is 3. The Morgan fingerprint density at radius 1 is 1.64 bits per heavy atom. The van der Waals surface area contributed by atoms with Gasteiger partial charge in [-0.15, -0.1) is 0 Å². The van der Waals surface area contributed by atoms with Crippen LogP contribution in [0.4, 0.5) is 0 Å². The average Bonchev–Trinajstić information content (AvgIpc) is 2.87. The maximum absolute atomic E-state index is 11.4. The third-order valence-electron chi connectivity index (χ3n) is 1.59. The molecular weight excluding hydrogens is 202 g/mol. The Kier molecular flexibility index (Phi) is 2.50. The molecule has 0 aromatic carbocycles. The van der Waals surface area contributed by atoms with Crippen molar-refractivity contribution < 1.29 is 4.79 Å². The van der Waals surface area contributed by atoms with Crippen LogP contribution < -0.4 is 5.32 Å². The predicted molar refractivity (Wildman–Crippen MR) is 49.7 cm³/mol. The Balaban J connectivity index is 1.90. The van der Waals surface area contributed by atoms with Gasteiger partial charge in [-0.25, -0.2) is 0 Å². The van der Waals surface area contributed by atoms with E-state index in [4.69, 9.17) is 0 Å². The molecule has 2 aromatic rings. The molecule has 0 radical (unpaired) electrons. The summed E-state index contributed by atoms with van der Waals surface area (Å²) in [4.78, 5) is 11.4. The molecule has 0 spiro atoms. The highest BCUT2D eigenvalue weighted by Crippen LogP contribution is 1.96. The summed E-state index contributed by atoms with van der Waals surface area (Å²) in [6.07, 6.45) is 3.07. The van der Waals surface area contributed by atoms with Crippen molar-refractivity contribution in [3.8, 4) is 0 Å². The highest BCUT2D eigenvalue weighted by atomic mass is 32.1. The Labute approximate surface area is 83.7 Å². The third-order valence-corrected chi connectivity index (χ3v) is 2.07. The highest BCUT2D eigenvalue weighted by molar-refractivity contribution is 6.99. The van der Waals surface area contributed by atoms with Crippen molar-refractivity contribution in [1.82, 2.24) is 24.3 Å². The fourth-order valence-corrected chi connectivity index (χ4v) is 1.33. The molecule has 2 N–H and O–H groups in total. The van der Waals surface area contributed by atoms with Crippen molar-refractivity contribution in [3.63, 3.8) is 0 Å². The van der Waals surface area contributed by atoms with Crippen LogP contribution in [0.2, 0.25) is 0 Å². The number of hydrogen-bond donors (Lipinski definition) is 2. The zero-order valence-electron chi connectivity index (χ0n) is 7.10. The summed E-state index contributed by atoms with van der Waals surface area (Å²) in [7, 11) is 0. The fourth-order valence-electron chi connectivity index (χ4n) is 0.914. The second kappa shape index (κ2) is 3.97. The summed E-state index contributed by atoms with van der Waals surface area (Å²) >= 11 is 1.01. The van der Waals surface area contributed by atoms with Crippen LogP contribution in [0.25, 0.3) is 0 Å². The molecule has 6 nitrogen and oxygen atoms in total. The number of nitrogens with one attached hydrogen (secondary N) is 2. The lowest BCUT2D eigenvalue weighted by Crippen LogP contribution is -2.23. The molecule has 72 valence electrons. The van der Waals surface area contributed by atoms with Crippen LogP contribution in [-0.2, 0) is 6.54 Å². The number of carbonyl (C=O) groups excluding carboxylic acids is 1. The van der Waals surface area contributed by atoms with Gasteiger partial charge in [-0.2, -0.15) is 13.8 Å². The first-order chi connectivity index (χ1) is 6.86. The molecule has 2 rings (SSSR count). The molecule has 0 unspecified atom stereocenters. The Morgan fingerprint density at radius 3 is 3.21 bits per heavy atom.